The van der Waals surface area contributed by atoms with Crippen LogP contribution in [0, 0.1) is 0 Å². The monoisotopic (exact) mass is 250 g/mol. The van der Waals surface area contributed by atoms with Crippen LogP contribution in [0.2, 0.25) is 10.0 Å². The van der Waals surface area contributed by atoms with Crippen LogP contribution in [0.4, 0.5) is 0 Å². The second kappa shape index (κ2) is 7.59. The molecule has 1 heteroatoms. The van der Waals surface area contributed by atoms with E-state index in [9.17, 15) is 0 Å². The molecule has 0 spiro atoms. The molecule has 0 aliphatic heterocycles. The Labute approximate surface area is 100 Å². The zero-order valence-corrected chi connectivity index (χ0v) is 12.7. The molecule has 0 radical (unpaired) electrons. The first kappa shape index (κ1) is 12.4. The van der Waals surface area contributed by atoms with Crippen molar-refractivity contribution < 1.29 is 17.1 Å². The van der Waals surface area contributed by atoms with Gasteiger partial charge >= 0.3 is 41.0 Å². The zero-order chi connectivity index (χ0) is 10.9. The van der Waals surface area contributed by atoms with E-state index in [-0.39, 0.29) is 17.1 Å². The average Bonchev–Trinajstić information content (AvgIpc) is 2.31. The van der Waals surface area contributed by atoms with Gasteiger partial charge in [-0.1, -0.05) is 48.5 Å². The second-order valence-corrected chi connectivity index (χ2v) is 9.38. The summed E-state index contributed by atoms with van der Waals surface area (Å²) < 4.78 is 0. The fraction of sp³-hybridized carbons (Fsp3) is 0.286. The van der Waals surface area contributed by atoms with Gasteiger partial charge < -0.3 is 0 Å². The fourth-order valence-electron chi connectivity index (χ4n) is 1.49. The molecule has 0 N–H and O–H groups in total. The maximum atomic E-state index is 2.30. The van der Waals surface area contributed by atoms with Gasteiger partial charge in [-0.2, -0.15) is 0 Å². The van der Waals surface area contributed by atoms with Gasteiger partial charge in [0.1, 0.15) is 0 Å². The van der Waals surface area contributed by atoms with Crippen molar-refractivity contribution in [2.45, 2.75) is 23.9 Å². The number of hydrogen-bond donors (Lipinski definition) is 0. The molecular formula is C14H18Zn. The van der Waals surface area contributed by atoms with Crippen LogP contribution in [-0.4, -0.2) is 0 Å². The number of rotatable bonds is 2. The van der Waals surface area contributed by atoms with E-state index in [1.54, 1.807) is 0 Å². The van der Waals surface area contributed by atoms with E-state index in [0.29, 0.717) is 0 Å². The molecule has 2 aromatic carbocycles. The molecule has 0 aliphatic rings. The fourth-order valence-corrected chi connectivity index (χ4v) is 2.97. The summed E-state index contributed by atoms with van der Waals surface area (Å²) in [5.74, 6) is 0. The minimum absolute atomic E-state index is 0.0972. The van der Waals surface area contributed by atoms with Crippen molar-refractivity contribution in [3.8, 4) is 0 Å². The van der Waals surface area contributed by atoms with Gasteiger partial charge in [0.2, 0.25) is 0 Å². The van der Waals surface area contributed by atoms with Crippen LogP contribution in [0.1, 0.15) is 13.8 Å². The van der Waals surface area contributed by atoms with Crippen molar-refractivity contribution in [2.75, 3.05) is 0 Å². The minimum atomic E-state index is 0.0972. The molecule has 0 fully saturated rings. The molecule has 0 saturated carbocycles. The van der Waals surface area contributed by atoms with Crippen LogP contribution in [0.15, 0.2) is 48.5 Å². The van der Waals surface area contributed by atoms with Gasteiger partial charge in [-0.05, 0) is 10.8 Å². The van der Waals surface area contributed by atoms with E-state index in [4.69, 9.17) is 0 Å². The third-order valence-corrected chi connectivity index (χ3v) is 5.33. The van der Waals surface area contributed by atoms with Crippen LogP contribution >= 0.6 is 0 Å². The Balaban J connectivity index is 0.000000195. The summed E-state index contributed by atoms with van der Waals surface area (Å²) in [6, 6.07) is 16.7. The molecular weight excluding hydrogens is 234 g/mol. The Morgan fingerprint density at radius 2 is 1.07 bits per heavy atom. The van der Waals surface area contributed by atoms with Crippen molar-refractivity contribution in [3.63, 3.8) is 0 Å². The van der Waals surface area contributed by atoms with Crippen LogP contribution in [0.3, 0.4) is 0 Å². The van der Waals surface area contributed by atoms with Crippen LogP contribution in [0.5, 0.6) is 0 Å². The first-order valence-electron chi connectivity index (χ1n) is 5.82. The predicted molar refractivity (Wildman–Crippen MR) is 64.9 cm³/mol. The Kier molecular flexibility index (Phi) is 6.27. The molecule has 0 saturated heterocycles. The SMILES string of the molecule is C[CH2][Zn][CH2]C.c1ccc2ccccc2c1. The normalized spacial score (nSPS) is 8.93. The molecule has 2 aromatic rings. The van der Waals surface area contributed by atoms with Gasteiger partial charge in [-0.3, -0.25) is 0 Å². The molecule has 0 amide bonds. The van der Waals surface area contributed by atoms with E-state index in [0.717, 1.165) is 0 Å². The molecule has 0 heterocycles. The average molecular weight is 252 g/mol. The zero-order valence-electron chi connectivity index (χ0n) is 9.74. The number of fused-ring (bicyclic) bond motifs is 1. The van der Waals surface area contributed by atoms with Crippen molar-refractivity contribution in [2.24, 2.45) is 0 Å². The Bertz CT molecular complexity index is 314. The van der Waals surface area contributed by atoms with Crippen LogP contribution in [-0.2, 0) is 17.1 Å². The molecule has 0 nitrogen and oxygen atoms in total. The summed E-state index contributed by atoms with van der Waals surface area (Å²) in [6.45, 7) is 4.59. The van der Waals surface area contributed by atoms with Crippen LogP contribution < -0.4 is 0 Å². The molecule has 0 bridgehead atoms. The molecule has 76 valence electrons. The summed E-state index contributed by atoms with van der Waals surface area (Å²) >= 11 is 0.0972. The maximum absolute atomic E-state index is 2.30. The topological polar surface area (TPSA) is 0 Å². The summed E-state index contributed by atoms with van der Waals surface area (Å²) in [6.07, 6.45) is 0. The van der Waals surface area contributed by atoms with E-state index in [2.05, 4.69) is 62.4 Å². The summed E-state index contributed by atoms with van der Waals surface area (Å²) in [7, 11) is 0. The molecule has 0 atom stereocenters. The van der Waals surface area contributed by atoms with Gasteiger partial charge in [0.05, 0.1) is 0 Å². The van der Waals surface area contributed by atoms with Crippen molar-refractivity contribution in [1.29, 1.82) is 0 Å². The van der Waals surface area contributed by atoms with Crippen molar-refractivity contribution in [1.82, 2.24) is 0 Å². The molecule has 2 rings (SSSR count). The Morgan fingerprint density at radius 1 is 0.733 bits per heavy atom. The van der Waals surface area contributed by atoms with E-state index < -0.39 is 0 Å². The van der Waals surface area contributed by atoms with E-state index in [1.807, 2.05) is 0 Å². The first-order valence-corrected chi connectivity index (χ1v) is 10.0. The predicted octanol–water partition coefficient (Wildman–Crippen LogP) is 4.79. The summed E-state index contributed by atoms with van der Waals surface area (Å²) in [5, 5.41) is 5.68. The summed E-state index contributed by atoms with van der Waals surface area (Å²) in [5.41, 5.74) is 0. The number of hydrogen-bond acceptors (Lipinski definition) is 0. The second-order valence-electron chi connectivity index (χ2n) is 3.70. The third-order valence-electron chi connectivity index (χ3n) is 2.37. The quantitative estimate of drug-likeness (QED) is 0.674. The van der Waals surface area contributed by atoms with Crippen molar-refractivity contribution in [3.05, 3.63) is 48.5 Å². The minimum Gasteiger partial charge on any atom is -0.0616 e. The smallest absolute Gasteiger partial charge is 0.0184 e. The molecule has 0 aromatic heterocycles. The maximum Gasteiger partial charge on any atom is -0.0184 e. The van der Waals surface area contributed by atoms with Crippen LogP contribution in [0.25, 0.3) is 10.8 Å². The van der Waals surface area contributed by atoms with Crippen molar-refractivity contribution >= 4 is 10.8 Å². The Morgan fingerprint density at radius 3 is 1.27 bits per heavy atom. The van der Waals surface area contributed by atoms with E-state index in [1.165, 1.54) is 20.8 Å². The third kappa shape index (κ3) is 4.58. The number of benzene rings is 2. The molecule has 15 heavy (non-hydrogen) atoms. The summed E-state index contributed by atoms with van der Waals surface area (Å²) in [4.78, 5) is 0. The van der Waals surface area contributed by atoms with Gasteiger partial charge in [0.25, 0.3) is 0 Å². The van der Waals surface area contributed by atoms with E-state index >= 15 is 0 Å². The molecule has 0 aliphatic carbocycles. The standard InChI is InChI=1S/C10H8.2C2H5.Zn/c1-2-6-10-8-4-3-7-9(10)5-1;2*1-2;/h1-8H;2*1H2,2H3;. The van der Waals surface area contributed by atoms with Gasteiger partial charge in [0, 0.05) is 0 Å². The first-order chi connectivity index (χ1) is 7.38. The largest absolute Gasteiger partial charge is 0.0616 e. The Hall–Kier alpha value is -0.677. The van der Waals surface area contributed by atoms with Gasteiger partial charge in [-0.25, -0.2) is 0 Å². The molecule has 0 unspecified atom stereocenters. The van der Waals surface area contributed by atoms with Gasteiger partial charge in [0.15, 0.2) is 0 Å². The van der Waals surface area contributed by atoms with Gasteiger partial charge in [-0.15, -0.1) is 0 Å².